The highest BCUT2D eigenvalue weighted by molar-refractivity contribution is 5.84. The number of benzene rings is 1. The van der Waals surface area contributed by atoms with Crippen molar-refractivity contribution >= 4 is 18.2 Å². The molecule has 0 aliphatic heterocycles. The third-order valence-electron chi connectivity index (χ3n) is 1.79. The van der Waals surface area contributed by atoms with Gasteiger partial charge in [0.15, 0.2) is 6.73 Å². The Bertz CT molecular complexity index is 416. The van der Waals surface area contributed by atoms with Crippen molar-refractivity contribution in [3.05, 3.63) is 34.4 Å². The summed E-state index contributed by atoms with van der Waals surface area (Å²) in [6.45, 7) is -0.000644. The highest BCUT2D eigenvalue weighted by Gasteiger charge is 2.03. The highest BCUT2D eigenvalue weighted by atomic mass is 16.6. The van der Waals surface area contributed by atoms with Crippen LogP contribution in [0.15, 0.2) is 29.3 Å². The van der Waals surface area contributed by atoms with E-state index in [0.29, 0.717) is 12.0 Å². The van der Waals surface area contributed by atoms with Crippen LogP contribution in [0, 0.1) is 10.1 Å². The topological polar surface area (TPSA) is 108 Å². The van der Waals surface area contributed by atoms with Gasteiger partial charge in [0.05, 0.1) is 11.0 Å². The van der Waals surface area contributed by atoms with Crippen LogP contribution >= 0.6 is 0 Å². The summed E-state index contributed by atoms with van der Waals surface area (Å²) in [4.78, 5) is 23.8. The molecule has 90 valence electrons. The van der Waals surface area contributed by atoms with Crippen molar-refractivity contribution in [1.82, 2.24) is 0 Å². The maximum Gasteiger partial charge on any atom is 0.269 e. The van der Waals surface area contributed by atoms with Crippen molar-refractivity contribution in [1.29, 1.82) is 0 Å². The van der Waals surface area contributed by atoms with Gasteiger partial charge in [-0.3, -0.25) is 15.1 Å². The summed E-state index contributed by atoms with van der Waals surface area (Å²) in [5.41, 5.74) is 5.25. The first kappa shape index (κ1) is 12.8. The average molecular weight is 237 g/mol. The van der Waals surface area contributed by atoms with E-state index in [1.54, 1.807) is 0 Å². The molecule has 17 heavy (non-hydrogen) atoms. The smallest absolute Gasteiger partial charge is 0.269 e. The molecule has 1 aromatic carbocycles. The molecule has 7 nitrogen and oxygen atoms in total. The molecule has 0 heterocycles. The number of nitrogens with zero attached hydrogens (tertiary/aromatic N) is 2. The zero-order valence-corrected chi connectivity index (χ0v) is 8.85. The second kappa shape index (κ2) is 6.33. The highest BCUT2D eigenvalue weighted by Crippen LogP contribution is 2.16. The Labute approximate surface area is 97.1 Å². The van der Waals surface area contributed by atoms with Gasteiger partial charge in [-0.15, -0.1) is 0 Å². The summed E-state index contributed by atoms with van der Waals surface area (Å²) >= 11 is 0. The zero-order valence-electron chi connectivity index (χ0n) is 8.85. The average Bonchev–Trinajstić information content (AvgIpc) is 2.34. The molecule has 0 aromatic heterocycles. The van der Waals surface area contributed by atoms with E-state index in [0.717, 1.165) is 0 Å². The third kappa shape index (κ3) is 4.39. The number of nitro benzene ring substituents is 1. The second-order valence-electron chi connectivity index (χ2n) is 3.07. The standard InChI is InChI=1S/C10H11N3O4/c11-8(6-14)5-12-7-17-10-3-1-9(2-4-10)13(15)16/h1-6,8H,7,11H2/b12-5-. The summed E-state index contributed by atoms with van der Waals surface area (Å²) in [6, 6.07) is 4.85. The number of nitro groups is 1. The van der Waals surface area contributed by atoms with Crippen molar-refractivity contribution in [2.45, 2.75) is 6.04 Å². The van der Waals surface area contributed by atoms with Gasteiger partial charge >= 0.3 is 0 Å². The van der Waals surface area contributed by atoms with Gasteiger partial charge in [0.2, 0.25) is 0 Å². The fourth-order valence-corrected chi connectivity index (χ4v) is 0.976. The molecule has 7 heteroatoms. The van der Waals surface area contributed by atoms with Crippen LogP contribution in [0.25, 0.3) is 0 Å². The normalized spacial score (nSPS) is 12.3. The van der Waals surface area contributed by atoms with E-state index in [4.69, 9.17) is 10.5 Å². The Morgan fingerprint density at radius 2 is 2.12 bits per heavy atom. The third-order valence-corrected chi connectivity index (χ3v) is 1.79. The Morgan fingerprint density at radius 3 is 2.65 bits per heavy atom. The van der Waals surface area contributed by atoms with E-state index < -0.39 is 11.0 Å². The largest absolute Gasteiger partial charge is 0.471 e. The SMILES string of the molecule is NC(C=O)/C=N\COc1ccc([N+](=O)[O-])cc1. The van der Waals surface area contributed by atoms with Gasteiger partial charge in [-0.1, -0.05) is 0 Å². The van der Waals surface area contributed by atoms with E-state index in [2.05, 4.69) is 4.99 Å². The van der Waals surface area contributed by atoms with Crippen molar-refractivity contribution in [3.8, 4) is 5.75 Å². The second-order valence-corrected chi connectivity index (χ2v) is 3.07. The summed E-state index contributed by atoms with van der Waals surface area (Å²) in [5, 5.41) is 10.4. The number of ether oxygens (including phenoxy) is 1. The number of hydrogen-bond donors (Lipinski definition) is 1. The molecule has 1 aromatic rings. The van der Waals surface area contributed by atoms with Crippen molar-refractivity contribution in [3.63, 3.8) is 0 Å². The Morgan fingerprint density at radius 1 is 1.47 bits per heavy atom. The number of nitrogens with two attached hydrogens (primary N) is 1. The van der Waals surface area contributed by atoms with Crippen LogP contribution in [-0.4, -0.2) is 30.2 Å². The van der Waals surface area contributed by atoms with E-state index in [1.807, 2.05) is 0 Å². The molecular weight excluding hydrogens is 226 g/mol. The van der Waals surface area contributed by atoms with E-state index >= 15 is 0 Å². The minimum atomic E-state index is -0.740. The Hall–Kier alpha value is -2.28. The van der Waals surface area contributed by atoms with Gasteiger partial charge in [0.25, 0.3) is 5.69 Å². The lowest BCUT2D eigenvalue weighted by Gasteiger charge is -2.02. The molecule has 0 fully saturated rings. The molecule has 1 rings (SSSR count). The molecule has 1 atom stereocenters. The van der Waals surface area contributed by atoms with Crippen LogP contribution in [0.3, 0.4) is 0 Å². The predicted molar refractivity (Wildman–Crippen MR) is 61.1 cm³/mol. The monoisotopic (exact) mass is 237 g/mol. The quantitative estimate of drug-likeness (QED) is 0.336. The van der Waals surface area contributed by atoms with Crippen LogP contribution in [-0.2, 0) is 4.79 Å². The van der Waals surface area contributed by atoms with E-state index in [1.165, 1.54) is 30.5 Å². The maximum absolute atomic E-state index is 10.4. The molecule has 0 aliphatic rings. The summed E-state index contributed by atoms with van der Waals surface area (Å²) in [7, 11) is 0. The number of carbonyl (C=O) groups excluding carboxylic acids is 1. The fourth-order valence-electron chi connectivity index (χ4n) is 0.976. The lowest BCUT2D eigenvalue weighted by molar-refractivity contribution is -0.384. The summed E-state index contributed by atoms with van der Waals surface area (Å²) in [6.07, 6.45) is 1.81. The number of hydrogen-bond acceptors (Lipinski definition) is 6. The van der Waals surface area contributed by atoms with Crippen molar-refractivity contribution in [2.24, 2.45) is 10.7 Å². The molecule has 0 spiro atoms. The van der Waals surface area contributed by atoms with E-state index in [9.17, 15) is 14.9 Å². The predicted octanol–water partition coefficient (Wildman–Crippen LogP) is 0.528. The minimum absolute atomic E-state index is 0.000644. The van der Waals surface area contributed by atoms with Gasteiger partial charge in [-0.25, -0.2) is 0 Å². The van der Waals surface area contributed by atoms with Gasteiger partial charge in [-0.2, -0.15) is 0 Å². The molecule has 2 N–H and O–H groups in total. The van der Waals surface area contributed by atoms with Crippen LogP contribution in [0.1, 0.15) is 0 Å². The number of non-ortho nitro benzene ring substituents is 1. The lowest BCUT2D eigenvalue weighted by atomic mass is 10.3. The molecule has 0 amide bonds. The Kier molecular flexibility index (Phi) is 4.77. The van der Waals surface area contributed by atoms with E-state index in [-0.39, 0.29) is 12.4 Å². The molecule has 1 unspecified atom stereocenters. The lowest BCUT2D eigenvalue weighted by Crippen LogP contribution is -2.23. The number of aldehydes is 1. The first-order valence-electron chi connectivity index (χ1n) is 4.71. The molecule has 0 bridgehead atoms. The van der Waals surface area contributed by atoms with Crippen LogP contribution in [0.4, 0.5) is 5.69 Å². The number of rotatable bonds is 6. The van der Waals surface area contributed by atoms with Gasteiger partial charge in [0.1, 0.15) is 12.0 Å². The van der Waals surface area contributed by atoms with Crippen molar-refractivity contribution in [2.75, 3.05) is 6.73 Å². The fraction of sp³-hybridized carbons (Fsp3) is 0.200. The zero-order chi connectivity index (χ0) is 12.7. The maximum atomic E-state index is 10.4. The first-order chi connectivity index (χ1) is 8.13. The number of carbonyl (C=O) groups is 1. The van der Waals surface area contributed by atoms with Gasteiger partial charge < -0.3 is 15.3 Å². The van der Waals surface area contributed by atoms with Gasteiger partial charge in [-0.05, 0) is 12.1 Å². The number of aliphatic imine (C=N–C) groups is 1. The first-order valence-corrected chi connectivity index (χ1v) is 4.71. The summed E-state index contributed by atoms with van der Waals surface area (Å²) in [5.74, 6) is 0.451. The minimum Gasteiger partial charge on any atom is -0.471 e. The van der Waals surface area contributed by atoms with Gasteiger partial charge in [0, 0.05) is 18.3 Å². The van der Waals surface area contributed by atoms with Crippen LogP contribution < -0.4 is 10.5 Å². The molecule has 0 radical (unpaired) electrons. The van der Waals surface area contributed by atoms with Crippen molar-refractivity contribution < 1.29 is 14.5 Å². The molecule has 0 saturated carbocycles. The molecule has 0 saturated heterocycles. The molecular formula is C10H11N3O4. The molecule has 0 aliphatic carbocycles. The Balaban J connectivity index is 2.45. The summed E-state index contributed by atoms with van der Waals surface area (Å²) < 4.78 is 5.14. The van der Waals surface area contributed by atoms with Crippen LogP contribution in [0.2, 0.25) is 0 Å². The van der Waals surface area contributed by atoms with Crippen LogP contribution in [0.5, 0.6) is 5.75 Å².